The lowest BCUT2D eigenvalue weighted by Gasteiger charge is -2.10. The minimum atomic E-state index is -0.313. The molecule has 1 aromatic rings. The van der Waals surface area contributed by atoms with E-state index in [1.807, 2.05) is 44.2 Å². The van der Waals surface area contributed by atoms with Gasteiger partial charge in [0.15, 0.2) is 0 Å². The molecular weight excluding hydrogens is 228 g/mol. The molecule has 3 heteroatoms. The minimum absolute atomic E-state index is 0.0849. The van der Waals surface area contributed by atoms with E-state index < -0.39 is 0 Å². The lowest BCUT2D eigenvalue weighted by Crippen LogP contribution is -2.19. The van der Waals surface area contributed by atoms with Gasteiger partial charge in [-0.2, -0.15) is 0 Å². The zero-order chi connectivity index (χ0) is 13.0. The highest BCUT2D eigenvalue weighted by molar-refractivity contribution is 5.80. The monoisotopic (exact) mass is 248 g/mol. The first-order valence-electron chi connectivity index (χ1n) is 6.45. The molecule has 0 spiro atoms. The number of ether oxygens (including phenoxy) is 2. The third-order valence-corrected chi connectivity index (χ3v) is 3.58. The van der Waals surface area contributed by atoms with Crippen molar-refractivity contribution >= 4 is 5.97 Å². The van der Waals surface area contributed by atoms with E-state index in [4.69, 9.17) is 9.47 Å². The van der Waals surface area contributed by atoms with E-state index in [-0.39, 0.29) is 11.4 Å². The number of carbonyl (C=O) groups excluding carboxylic acids is 1. The first-order valence-corrected chi connectivity index (χ1v) is 6.45. The van der Waals surface area contributed by atoms with E-state index in [0.29, 0.717) is 25.7 Å². The Hall–Kier alpha value is -1.35. The second-order valence-corrected chi connectivity index (χ2v) is 5.04. The van der Waals surface area contributed by atoms with Crippen LogP contribution < -0.4 is 0 Å². The fourth-order valence-electron chi connectivity index (χ4n) is 2.14. The molecular formula is C15H20O3. The Bertz CT molecular complexity index is 401. The maximum absolute atomic E-state index is 11.7. The van der Waals surface area contributed by atoms with Gasteiger partial charge in [0, 0.05) is 0 Å². The van der Waals surface area contributed by atoms with Crippen molar-refractivity contribution in [2.24, 2.45) is 11.3 Å². The highest BCUT2D eigenvalue weighted by Crippen LogP contribution is 2.53. The van der Waals surface area contributed by atoms with Gasteiger partial charge in [-0.05, 0) is 31.7 Å². The fourth-order valence-corrected chi connectivity index (χ4v) is 2.14. The summed E-state index contributed by atoms with van der Waals surface area (Å²) >= 11 is 0. The number of carbonyl (C=O) groups is 1. The van der Waals surface area contributed by atoms with E-state index in [1.54, 1.807) is 0 Å². The van der Waals surface area contributed by atoms with Crippen molar-refractivity contribution in [1.82, 2.24) is 0 Å². The molecule has 0 radical (unpaired) electrons. The Morgan fingerprint density at radius 3 is 2.78 bits per heavy atom. The van der Waals surface area contributed by atoms with E-state index in [1.165, 1.54) is 0 Å². The van der Waals surface area contributed by atoms with E-state index in [0.717, 1.165) is 12.0 Å². The molecule has 1 aliphatic carbocycles. The number of benzene rings is 1. The van der Waals surface area contributed by atoms with Crippen LogP contribution in [0.3, 0.4) is 0 Å². The first-order chi connectivity index (χ1) is 8.66. The second-order valence-electron chi connectivity index (χ2n) is 5.04. The highest BCUT2D eigenvalue weighted by Gasteiger charge is 2.57. The second kappa shape index (κ2) is 5.53. The molecule has 1 aliphatic rings. The standard InChI is InChI=1S/C15H20O3/c1-3-18-14(16)15(2)9-13(15)11-17-10-12-7-5-4-6-8-12/h4-8,13H,3,9-11H2,1-2H3/t13-,15+/m1/s1. The van der Waals surface area contributed by atoms with Crippen molar-refractivity contribution in [2.45, 2.75) is 26.9 Å². The molecule has 0 bridgehead atoms. The van der Waals surface area contributed by atoms with E-state index in [9.17, 15) is 4.79 Å². The normalized spacial score (nSPS) is 25.8. The summed E-state index contributed by atoms with van der Waals surface area (Å²) in [5.41, 5.74) is 0.850. The molecule has 18 heavy (non-hydrogen) atoms. The lowest BCUT2D eigenvalue weighted by molar-refractivity contribution is -0.149. The van der Waals surface area contributed by atoms with Crippen molar-refractivity contribution in [1.29, 1.82) is 0 Å². The van der Waals surface area contributed by atoms with Gasteiger partial charge >= 0.3 is 5.97 Å². The summed E-state index contributed by atoms with van der Waals surface area (Å²) in [4.78, 5) is 11.7. The molecule has 2 rings (SSSR count). The summed E-state index contributed by atoms with van der Waals surface area (Å²) < 4.78 is 10.7. The number of rotatable bonds is 6. The Labute approximate surface area is 108 Å². The first kappa shape index (κ1) is 13.1. The van der Waals surface area contributed by atoms with Gasteiger partial charge in [0.05, 0.1) is 25.2 Å². The van der Waals surface area contributed by atoms with Gasteiger partial charge in [0.1, 0.15) is 0 Å². The van der Waals surface area contributed by atoms with Crippen LogP contribution in [-0.4, -0.2) is 19.2 Å². The maximum atomic E-state index is 11.7. The summed E-state index contributed by atoms with van der Waals surface area (Å²) in [6.07, 6.45) is 0.876. The predicted octanol–water partition coefficient (Wildman–Crippen LogP) is 2.79. The zero-order valence-electron chi connectivity index (χ0n) is 11.0. The summed E-state index contributed by atoms with van der Waals surface area (Å²) in [6, 6.07) is 10.1. The summed E-state index contributed by atoms with van der Waals surface area (Å²) in [5, 5.41) is 0. The number of hydrogen-bond donors (Lipinski definition) is 0. The van der Waals surface area contributed by atoms with Gasteiger partial charge in [-0.15, -0.1) is 0 Å². The molecule has 0 N–H and O–H groups in total. The van der Waals surface area contributed by atoms with E-state index >= 15 is 0 Å². The van der Waals surface area contributed by atoms with Crippen molar-refractivity contribution in [3.63, 3.8) is 0 Å². The van der Waals surface area contributed by atoms with E-state index in [2.05, 4.69) is 0 Å². The third-order valence-electron chi connectivity index (χ3n) is 3.58. The van der Waals surface area contributed by atoms with Crippen LogP contribution in [0, 0.1) is 11.3 Å². The van der Waals surface area contributed by atoms with Crippen LogP contribution >= 0.6 is 0 Å². The molecule has 0 aliphatic heterocycles. The molecule has 2 atom stereocenters. The van der Waals surface area contributed by atoms with Crippen molar-refractivity contribution in [3.8, 4) is 0 Å². The van der Waals surface area contributed by atoms with Crippen LogP contribution in [-0.2, 0) is 20.9 Å². The van der Waals surface area contributed by atoms with Gasteiger partial charge < -0.3 is 9.47 Å². The van der Waals surface area contributed by atoms with Crippen LogP contribution in [0.1, 0.15) is 25.8 Å². The molecule has 98 valence electrons. The van der Waals surface area contributed by atoms with Gasteiger partial charge in [-0.1, -0.05) is 30.3 Å². The number of hydrogen-bond acceptors (Lipinski definition) is 3. The Kier molecular flexibility index (Phi) is 4.02. The molecule has 0 aromatic heterocycles. The molecule has 3 nitrogen and oxygen atoms in total. The summed E-state index contributed by atoms with van der Waals surface area (Å²) in [7, 11) is 0. The highest BCUT2D eigenvalue weighted by atomic mass is 16.5. The Morgan fingerprint density at radius 1 is 1.39 bits per heavy atom. The van der Waals surface area contributed by atoms with Crippen molar-refractivity contribution in [2.75, 3.05) is 13.2 Å². The maximum Gasteiger partial charge on any atom is 0.312 e. The third kappa shape index (κ3) is 2.91. The zero-order valence-corrected chi connectivity index (χ0v) is 11.0. The van der Waals surface area contributed by atoms with Crippen LogP contribution in [0.5, 0.6) is 0 Å². The van der Waals surface area contributed by atoms with Crippen LogP contribution in [0.25, 0.3) is 0 Å². The van der Waals surface area contributed by atoms with Gasteiger partial charge in [0.2, 0.25) is 0 Å². The topological polar surface area (TPSA) is 35.5 Å². The van der Waals surface area contributed by atoms with Crippen molar-refractivity contribution < 1.29 is 14.3 Å². The average Bonchev–Trinajstić information content (AvgIpc) is 3.04. The molecule has 0 unspecified atom stereocenters. The lowest BCUT2D eigenvalue weighted by atomic mass is 10.1. The number of esters is 1. The molecule has 1 fully saturated rings. The molecule has 0 heterocycles. The van der Waals surface area contributed by atoms with Gasteiger partial charge in [-0.3, -0.25) is 4.79 Å². The largest absolute Gasteiger partial charge is 0.466 e. The Morgan fingerprint density at radius 2 is 2.11 bits per heavy atom. The molecule has 1 saturated carbocycles. The van der Waals surface area contributed by atoms with Gasteiger partial charge in [0.25, 0.3) is 0 Å². The summed E-state index contributed by atoms with van der Waals surface area (Å²) in [5.74, 6) is 0.221. The smallest absolute Gasteiger partial charge is 0.312 e. The molecule has 0 amide bonds. The fraction of sp³-hybridized carbons (Fsp3) is 0.533. The Balaban J connectivity index is 1.72. The van der Waals surface area contributed by atoms with Crippen LogP contribution in [0.2, 0.25) is 0 Å². The van der Waals surface area contributed by atoms with Crippen LogP contribution in [0.4, 0.5) is 0 Å². The molecule has 0 saturated heterocycles. The predicted molar refractivity (Wildman–Crippen MR) is 68.9 cm³/mol. The molecule has 1 aromatic carbocycles. The summed E-state index contributed by atoms with van der Waals surface area (Å²) in [6.45, 7) is 5.48. The van der Waals surface area contributed by atoms with Crippen LogP contribution in [0.15, 0.2) is 30.3 Å². The van der Waals surface area contributed by atoms with Crippen molar-refractivity contribution in [3.05, 3.63) is 35.9 Å². The SMILES string of the molecule is CCOC(=O)[C@@]1(C)C[C@@H]1COCc1ccccc1. The van der Waals surface area contributed by atoms with Gasteiger partial charge in [-0.25, -0.2) is 0 Å². The quantitative estimate of drug-likeness (QED) is 0.726. The average molecular weight is 248 g/mol. The minimum Gasteiger partial charge on any atom is -0.466 e.